The zero-order chi connectivity index (χ0) is 13.7. The summed E-state index contributed by atoms with van der Waals surface area (Å²) in [5, 5.41) is 7.11. The molecule has 2 rings (SSSR count). The van der Waals surface area contributed by atoms with Gasteiger partial charge < -0.3 is 11.1 Å². The lowest BCUT2D eigenvalue weighted by Crippen LogP contribution is -2.39. The van der Waals surface area contributed by atoms with E-state index in [-0.39, 0.29) is 12.5 Å². The molecule has 0 unspecified atom stereocenters. The molecule has 0 radical (unpaired) electrons. The Kier molecular flexibility index (Phi) is 4.82. The minimum absolute atomic E-state index is 0.0297. The summed E-state index contributed by atoms with van der Waals surface area (Å²) in [7, 11) is 0. The normalized spacial score (nSPS) is 23.2. The molecule has 1 amide bonds. The number of anilines is 1. The van der Waals surface area contributed by atoms with Crippen LogP contribution >= 0.6 is 0 Å². The van der Waals surface area contributed by atoms with Gasteiger partial charge in [0.2, 0.25) is 5.91 Å². The van der Waals surface area contributed by atoms with Crippen molar-refractivity contribution in [2.75, 3.05) is 5.73 Å². The summed E-state index contributed by atoms with van der Waals surface area (Å²) in [6, 6.07) is 2.04. The van der Waals surface area contributed by atoms with Gasteiger partial charge in [0.1, 0.15) is 12.4 Å². The van der Waals surface area contributed by atoms with E-state index in [4.69, 9.17) is 5.73 Å². The molecule has 5 nitrogen and oxygen atoms in total. The molecule has 0 saturated heterocycles. The predicted octanol–water partition coefficient (Wildman–Crippen LogP) is 1.94. The Morgan fingerprint density at radius 3 is 2.79 bits per heavy atom. The topological polar surface area (TPSA) is 72.9 Å². The summed E-state index contributed by atoms with van der Waals surface area (Å²) in [4.78, 5) is 11.9. The highest BCUT2D eigenvalue weighted by Crippen LogP contribution is 2.27. The summed E-state index contributed by atoms with van der Waals surface area (Å²) in [5.41, 5.74) is 5.52. The van der Waals surface area contributed by atoms with Crippen LogP contribution in [0, 0.1) is 5.92 Å². The van der Waals surface area contributed by atoms with E-state index in [1.54, 1.807) is 16.9 Å². The number of aromatic nitrogens is 2. The van der Waals surface area contributed by atoms with Gasteiger partial charge in [-0.2, -0.15) is 5.10 Å². The quantitative estimate of drug-likeness (QED) is 0.853. The van der Waals surface area contributed by atoms with E-state index in [0.29, 0.717) is 11.9 Å². The Labute approximate surface area is 114 Å². The largest absolute Gasteiger partial charge is 0.382 e. The molecule has 1 heterocycles. The fourth-order valence-electron chi connectivity index (χ4n) is 2.89. The van der Waals surface area contributed by atoms with Crippen LogP contribution in [-0.2, 0) is 11.3 Å². The van der Waals surface area contributed by atoms with Crippen LogP contribution in [0.4, 0.5) is 5.82 Å². The van der Waals surface area contributed by atoms with Crippen molar-refractivity contribution in [3.8, 4) is 0 Å². The van der Waals surface area contributed by atoms with Crippen LogP contribution in [0.2, 0.25) is 0 Å². The minimum atomic E-state index is 0.0297. The molecule has 106 valence electrons. The highest BCUT2D eigenvalue weighted by atomic mass is 16.2. The standard InChI is InChI=1S/C14H24N4O/c1-2-3-11-4-6-12(7-5-11)16-14(19)10-18-9-8-13(15)17-18/h8-9,11-12H,2-7,10H2,1H3,(H2,15,17)(H,16,19). The number of carbonyl (C=O) groups is 1. The van der Waals surface area contributed by atoms with Crippen molar-refractivity contribution in [2.45, 2.75) is 58.0 Å². The van der Waals surface area contributed by atoms with E-state index in [1.807, 2.05) is 0 Å². The summed E-state index contributed by atoms with van der Waals surface area (Å²) in [5.74, 6) is 1.35. The lowest BCUT2D eigenvalue weighted by atomic mass is 9.83. The average molecular weight is 264 g/mol. The minimum Gasteiger partial charge on any atom is -0.382 e. The number of nitrogen functional groups attached to an aromatic ring is 1. The first-order valence-electron chi connectivity index (χ1n) is 7.25. The molecule has 1 aliphatic carbocycles. The smallest absolute Gasteiger partial charge is 0.241 e. The number of nitrogens with one attached hydrogen (secondary N) is 1. The maximum absolute atomic E-state index is 11.9. The van der Waals surface area contributed by atoms with Crippen molar-refractivity contribution in [3.05, 3.63) is 12.3 Å². The van der Waals surface area contributed by atoms with E-state index in [9.17, 15) is 4.79 Å². The molecule has 3 N–H and O–H groups in total. The van der Waals surface area contributed by atoms with Gasteiger partial charge in [-0.25, -0.2) is 0 Å². The first kappa shape index (κ1) is 13.9. The molecule has 1 aliphatic rings. The molecule has 1 aromatic heterocycles. The molecule has 0 atom stereocenters. The van der Waals surface area contributed by atoms with Crippen molar-refractivity contribution in [1.82, 2.24) is 15.1 Å². The fourth-order valence-corrected chi connectivity index (χ4v) is 2.89. The van der Waals surface area contributed by atoms with Gasteiger partial charge >= 0.3 is 0 Å². The zero-order valence-corrected chi connectivity index (χ0v) is 11.6. The fraction of sp³-hybridized carbons (Fsp3) is 0.714. The zero-order valence-electron chi connectivity index (χ0n) is 11.6. The molecule has 5 heteroatoms. The maximum Gasteiger partial charge on any atom is 0.241 e. The molecule has 0 aromatic carbocycles. The van der Waals surface area contributed by atoms with Crippen LogP contribution in [0.5, 0.6) is 0 Å². The number of amides is 1. The molecule has 1 fully saturated rings. The van der Waals surface area contributed by atoms with Crippen molar-refractivity contribution in [2.24, 2.45) is 5.92 Å². The van der Waals surface area contributed by atoms with Crippen LogP contribution in [-0.4, -0.2) is 21.7 Å². The predicted molar refractivity (Wildman–Crippen MR) is 75.4 cm³/mol. The maximum atomic E-state index is 11.9. The average Bonchev–Trinajstić information content (AvgIpc) is 2.77. The number of nitrogens with two attached hydrogens (primary N) is 1. The van der Waals surface area contributed by atoms with Gasteiger partial charge in [0.15, 0.2) is 0 Å². The van der Waals surface area contributed by atoms with E-state index < -0.39 is 0 Å². The summed E-state index contributed by atoms with van der Waals surface area (Å²) >= 11 is 0. The number of hydrogen-bond donors (Lipinski definition) is 2. The van der Waals surface area contributed by atoms with Gasteiger partial charge in [0, 0.05) is 12.2 Å². The van der Waals surface area contributed by atoms with Crippen molar-refractivity contribution in [1.29, 1.82) is 0 Å². The Hall–Kier alpha value is -1.52. The number of carbonyl (C=O) groups excluding carboxylic acids is 1. The van der Waals surface area contributed by atoms with Crippen LogP contribution in [0.15, 0.2) is 12.3 Å². The Morgan fingerprint density at radius 1 is 1.47 bits per heavy atom. The molecule has 19 heavy (non-hydrogen) atoms. The SMILES string of the molecule is CCCC1CCC(NC(=O)Cn2ccc(N)n2)CC1. The van der Waals surface area contributed by atoms with Gasteiger partial charge in [-0.3, -0.25) is 9.48 Å². The Balaban J connectivity index is 1.71. The first-order valence-corrected chi connectivity index (χ1v) is 7.25. The van der Waals surface area contributed by atoms with Crippen molar-refractivity contribution >= 4 is 11.7 Å². The summed E-state index contributed by atoms with van der Waals surface area (Å²) in [6.07, 6.45) is 9.03. The monoisotopic (exact) mass is 264 g/mol. The lowest BCUT2D eigenvalue weighted by molar-refractivity contribution is -0.122. The van der Waals surface area contributed by atoms with Gasteiger partial charge in [-0.15, -0.1) is 0 Å². The van der Waals surface area contributed by atoms with Crippen LogP contribution in [0.25, 0.3) is 0 Å². The Morgan fingerprint density at radius 2 is 2.21 bits per heavy atom. The van der Waals surface area contributed by atoms with E-state index in [2.05, 4.69) is 17.3 Å². The van der Waals surface area contributed by atoms with Crippen molar-refractivity contribution in [3.63, 3.8) is 0 Å². The highest BCUT2D eigenvalue weighted by molar-refractivity contribution is 5.76. The number of hydrogen-bond acceptors (Lipinski definition) is 3. The second-order valence-corrected chi connectivity index (χ2v) is 5.51. The molecular weight excluding hydrogens is 240 g/mol. The molecule has 1 saturated carbocycles. The second-order valence-electron chi connectivity index (χ2n) is 5.51. The van der Waals surface area contributed by atoms with Gasteiger partial charge in [0.25, 0.3) is 0 Å². The lowest BCUT2D eigenvalue weighted by Gasteiger charge is -2.28. The first-order chi connectivity index (χ1) is 9.17. The van der Waals surface area contributed by atoms with Gasteiger partial charge in [-0.1, -0.05) is 19.8 Å². The van der Waals surface area contributed by atoms with Gasteiger partial charge in [0.05, 0.1) is 0 Å². The molecule has 0 spiro atoms. The molecular formula is C14H24N4O. The highest BCUT2D eigenvalue weighted by Gasteiger charge is 2.21. The second kappa shape index (κ2) is 6.59. The Bertz CT molecular complexity index is 407. The van der Waals surface area contributed by atoms with E-state index in [1.165, 1.54) is 25.7 Å². The molecule has 1 aromatic rings. The summed E-state index contributed by atoms with van der Waals surface area (Å²) < 4.78 is 1.58. The summed E-state index contributed by atoms with van der Waals surface area (Å²) in [6.45, 7) is 2.50. The van der Waals surface area contributed by atoms with Gasteiger partial charge in [-0.05, 0) is 37.7 Å². The third kappa shape index (κ3) is 4.26. The van der Waals surface area contributed by atoms with Crippen LogP contribution in [0.3, 0.4) is 0 Å². The van der Waals surface area contributed by atoms with E-state index in [0.717, 1.165) is 18.8 Å². The number of rotatable bonds is 5. The number of nitrogens with zero attached hydrogens (tertiary/aromatic N) is 2. The molecule has 0 bridgehead atoms. The third-order valence-electron chi connectivity index (χ3n) is 3.88. The van der Waals surface area contributed by atoms with Crippen LogP contribution in [0.1, 0.15) is 45.4 Å². The third-order valence-corrected chi connectivity index (χ3v) is 3.88. The van der Waals surface area contributed by atoms with E-state index >= 15 is 0 Å². The van der Waals surface area contributed by atoms with Crippen molar-refractivity contribution < 1.29 is 4.79 Å². The van der Waals surface area contributed by atoms with Crippen LogP contribution < -0.4 is 11.1 Å². The molecule has 0 aliphatic heterocycles.